The molecular weight excluding hydrogens is 437 g/mol. The molecule has 0 bridgehead atoms. The van der Waals surface area contributed by atoms with Crippen LogP contribution in [0.25, 0.3) is 11.3 Å². The molecule has 0 aliphatic heterocycles. The maximum atomic E-state index is 14.1. The van der Waals surface area contributed by atoms with E-state index < -0.39 is 11.6 Å². The number of hydrogen-bond acceptors (Lipinski definition) is 2. The molecule has 0 radical (unpaired) electrons. The Hall–Kier alpha value is -1.24. The molecule has 1 N–H and O–H groups in total. The van der Waals surface area contributed by atoms with E-state index in [1.54, 1.807) is 12.1 Å². The number of aromatic nitrogens is 2. The fourth-order valence-corrected chi connectivity index (χ4v) is 3.40. The minimum Gasteiger partial charge on any atom is -0.287 e. The van der Waals surface area contributed by atoms with Crippen molar-refractivity contribution in [3.63, 3.8) is 0 Å². The molecule has 0 spiro atoms. The van der Waals surface area contributed by atoms with Gasteiger partial charge in [0.15, 0.2) is 11.0 Å². The van der Waals surface area contributed by atoms with Crippen LogP contribution in [0.3, 0.4) is 0 Å². The maximum Gasteiger partial charge on any atom is 0.223 e. The van der Waals surface area contributed by atoms with Crippen LogP contribution in [0.1, 0.15) is 0 Å². The van der Waals surface area contributed by atoms with Gasteiger partial charge in [0.2, 0.25) is 5.28 Å². The van der Waals surface area contributed by atoms with Gasteiger partial charge in [-0.2, -0.15) is 0 Å². The third-order valence-corrected chi connectivity index (χ3v) is 4.57. The molecule has 0 aliphatic carbocycles. The van der Waals surface area contributed by atoms with Crippen LogP contribution in [0.15, 0.2) is 30.3 Å². The molecule has 0 fully saturated rings. The molecule has 0 amide bonds. The summed E-state index contributed by atoms with van der Waals surface area (Å²) in [5.74, 6) is -1.73. The first-order valence-corrected chi connectivity index (χ1v) is 8.47. The summed E-state index contributed by atoms with van der Waals surface area (Å²) in [6.45, 7) is 0. The second kappa shape index (κ2) is 7.17. The van der Waals surface area contributed by atoms with E-state index in [9.17, 15) is 8.78 Å². The predicted octanol–water partition coefficient (Wildman–Crippen LogP) is 6.97. The highest BCUT2D eigenvalue weighted by Crippen LogP contribution is 2.37. The average Bonchev–Trinajstić information content (AvgIpc) is 2.77. The normalized spacial score (nSPS) is 11.0. The Bertz CT molecular complexity index is 951. The van der Waals surface area contributed by atoms with Gasteiger partial charge in [0.05, 0.1) is 10.0 Å². The molecule has 130 valence electrons. The molecule has 3 nitrogen and oxygen atoms in total. The van der Waals surface area contributed by atoms with Crippen molar-refractivity contribution in [2.75, 3.05) is 5.43 Å². The van der Waals surface area contributed by atoms with E-state index in [2.05, 4.69) is 10.4 Å². The number of halogens is 7. The Morgan fingerprint density at radius 3 is 2.28 bits per heavy atom. The first kappa shape index (κ1) is 18.5. The highest BCUT2D eigenvalue weighted by Gasteiger charge is 2.21. The van der Waals surface area contributed by atoms with Gasteiger partial charge in [-0.05, 0) is 35.9 Å². The third-order valence-electron chi connectivity index (χ3n) is 3.21. The van der Waals surface area contributed by atoms with Gasteiger partial charge in [-0.1, -0.05) is 46.4 Å². The molecule has 3 aromatic rings. The fourth-order valence-electron chi connectivity index (χ4n) is 2.14. The van der Waals surface area contributed by atoms with Crippen molar-refractivity contribution in [3.8, 4) is 11.3 Å². The van der Waals surface area contributed by atoms with E-state index >= 15 is 0 Å². The van der Waals surface area contributed by atoms with Gasteiger partial charge in [0.25, 0.3) is 0 Å². The number of anilines is 1. The first-order chi connectivity index (χ1) is 11.8. The summed E-state index contributed by atoms with van der Waals surface area (Å²) in [5.41, 5.74) is 3.14. The monoisotopic (exact) mass is 441 g/mol. The van der Waals surface area contributed by atoms with Crippen LogP contribution >= 0.6 is 58.0 Å². The Morgan fingerprint density at radius 2 is 1.64 bits per heavy atom. The van der Waals surface area contributed by atoms with Gasteiger partial charge in [-0.25, -0.2) is 18.4 Å². The van der Waals surface area contributed by atoms with Crippen LogP contribution < -0.4 is 5.43 Å². The van der Waals surface area contributed by atoms with Gasteiger partial charge < -0.3 is 0 Å². The van der Waals surface area contributed by atoms with Crippen LogP contribution in [0.2, 0.25) is 25.5 Å². The van der Waals surface area contributed by atoms with Crippen LogP contribution in [0, 0.1) is 11.6 Å². The first-order valence-electron chi connectivity index (χ1n) is 6.58. The summed E-state index contributed by atoms with van der Waals surface area (Å²) in [6.07, 6.45) is 0. The Morgan fingerprint density at radius 1 is 0.920 bits per heavy atom. The molecule has 2 aromatic carbocycles. The zero-order valence-electron chi connectivity index (χ0n) is 11.9. The molecule has 0 saturated carbocycles. The van der Waals surface area contributed by atoms with Crippen molar-refractivity contribution in [2.24, 2.45) is 0 Å². The van der Waals surface area contributed by atoms with E-state index in [4.69, 9.17) is 58.0 Å². The highest BCUT2D eigenvalue weighted by atomic mass is 35.5. The van der Waals surface area contributed by atoms with Crippen LogP contribution in [-0.4, -0.2) is 9.66 Å². The minimum atomic E-state index is -0.918. The molecular formula is C15H6Cl5F2N3. The summed E-state index contributed by atoms with van der Waals surface area (Å²) >= 11 is 30.2. The van der Waals surface area contributed by atoms with Crippen LogP contribution in [0.4, 0.5) is 14.5 Å². The number of nitrogens with zero attached hydrogens (tertiary/aromatic N) is 2. The van der Waals surface area contributed by atoms with Crippen molar-refractivity contribution in [1.82, 2.24) is 9.66 Å². The average molecular weight is 443 g/mol. The lowest BCUT2D eigenvalue weighted by atomic mass is 10.2. The number of rotatable bonds is 3. The van der Waals surface area contributed by atoms with Gasteiger partial charge >= 0.3 is 0 Å². The second-order valence-corrected chi connectivity index (χ2v) is 6.78. The standard InChI is InChI=1S/C15H6Cl5F2N3/c16-6-1-2-8(9(17)3-6)13-14(19)23-15(20)25(13)24-12-10(18)4-7(21)5-11(12)22/h1-5,24H. The summed E-state index contributed by atoms with van der Waals surface area (Å²) in [7, 11) is 0. The molecule has 0 atom stereocenters. The molecule has 1 heterocycles. The van der Waals surface area contributed by atoms with E-state index in [0.29, 0.717) is 16.7 Å². The molecule has 0 unspecified atom stereocenters. The smallest absolute Gasteiger partial charge is 0.223 e. The van der Waals surface area contributed by atoms with Crippen molar-refractivity contribution in [3.05, 3.63) is 67.5 Å². The minimum absolute atomic E-state index is 0.0142. The van der Waals surface area contributed by atoms with E-state index in [1.807, 2.05) is 0 Å². The summed E-state index contributed by atoms with van der Waals surface area (Å²) in [6, 6.07) is 6.33. The Kier molecular flexibility index (Phi) is 5.32. The van der Waals surface area contributed by atoms with Crippen molar-refractivity contribution in [1.29, 1.82) is 0 Å². The quantitative estimate of drug-likeness (QED) is 0.474. The molecule has 0 aliphatic rings. The third kappa shape index (κ3) is 3.66. The van der Waals surface area contributed by atoms with Gasteiger partial charge in [0.1, 0.15) is 17.2 Å². The maximum absolute atomic E-state index is 14.1. The molecule has 1 aromatic heterocycles. The van der Waals surface area contributed by atoms with Gasteiger partial charge in [-0.15, -0.1) is 0 Å². The van der Waals surface area contributed by atoms with E-state index in [-0.39, 0.29) is 31.9 Å². The van der Waals surface area contributed by atoms with Gasteiger partial charge in [-0.3, -0.25) is 5.43 Å². The summed E-state index contributed by atoms with van der Waals surface area (Å²) in [4.78, 5) is 3.92. The summed E-state index contributed by atoms with van der Waals surface area (Å²) < 4.78 is 28.5. The van der Waals surface area contributed by atoms with E-state index in [0.717, 1.165) is 6.07 Å². The van der Waals surface area contributed by atoms with Crippen molar-refractivity contribution in [2.45, 2.75) is 0 Å². The largest absolute Gasteiger partial charge is 0.287 e. The molecule has 3 rings (SSSR count). The van der Waals surface area contributed by atoms with Crippen molar-refractivity contribution >= 4 is 63.7 Å². The lowest BCUT2D eigenvalue weighted by molar-refractivity contribution is 0.584. The fraction of sp³-hybridized carbons (Fsp3) is 0. The van der Waals surface area contributed by atoms with Gasteiger partial charge in [0, 0.05) is 16.7 Å². The number of imidazole rings is 1. The Labute approximate surface area is 166 Å². The number of hydrogen-bond donors (Lipinski definition) is 1. The molecule has 0 saturated heterocycles. The summed E-state index contributed by atoms with van der Waals surface area (Å²) in [5, 5.41) is 0.417. The SMILES string of the molecule is Fc1cc(F)c(Nn2c(Cl)nc(Cl)c2-c2ccc(Cl)cc2Cl)c(Cl)c1. The number of nitrogens with one attached hydrogen (secondary N) is 1. The topological polar surface area (TPSA) is 29.9 Å². The lowest BCUT2D eigenvalue weighted by Gasteiger charge is -2.15. The zero-order chi connectivity index (χ0) is 18.3. The lowest BCUT2D eigenvalue weighted by Crippen LogP contribution is -2.13. The highest BCUT2D eigenvalue weighted by molar-refractivity contribution is 6.38. The Balaban J connectivity index is 2.16. The van der Waals surface area contributed by atoms with E-state index in [1.165, 1.54) is 10.7 Å². The zero-order valence-corrected chi connectivity index (χ0v) is 15.7. The molecule has 10 heteroatoms. The second-order valence-electron chi connectivity index (χ2n) is 4.84. The van der Waals surface area contributed by atoms with Crippen LogP contribution in [0.5, 0.6) is 0 Å². The van der Waals surface area contributed by atoms with Crippen molar-refractivity contribution < 1.29 is 8.78 Å². The number of benzene rings is 2. The predicted molar refractivity (Wildman–Crippen MR) is 98.1 cm³/mol. The molecule has 25 heavy (non-hydrogen) atoms. The van der Waals surface area contributed by atoms with Crippen LogP contribution in [-0.2, 0) is 0 Å².